The molecule has 4 aromatic heterocycles. The van der Waals surface area contributed by atoms with Crippen LogP contribution in [0.15, 0.2) is 82.5 Å². The van der Waals surface area contributed by atoms with Crippen molar-refractivity contribution in [3.63, 3.8) is 0 Å². The Morgan fingerprint density at radius 2 is 1.74 bits per heavy atom. The number of carbonyl (C=O) groups is 3. The molecule has 1 aliphatic carbocycles. The van der Waals surface area contributed by atoms with Gasteiger partial charge >= 0.3 is 5.69 Å². The molecule has 2 aromatic carbocycles. The number of hydrogen-bond acceptors (Lipinski definition) is 11. The quantitative estimate of drug-likeness (QED) is 0.0738. The number of nitrogens with one attached hydrogen (secondary N) is 2. The number of rotatable bonds is 18. The Morgan fingerprint density at radius 3 is 2.51 bits per heavy atom. The number of hydrogen-bond donors (Lipinski definition) is 2. The van der Waals surface area contributed by atoms with Crippen molar-refractivity contribution in [3.05, 3.63) is 106 Å². The second-order valence-electron chi connectivity index (χ2n) is 17.1. The first-order valence-electron chi connectivity index (χ1n) is 22.4. The number of aromatic nitrogens is 6. The number of halogens is 2. The van der Waals surface area contributed by atoms with Gasteiger partial charge in [0.15, 0.2) is 11.4 Å². The van der Waals surface area contributed by atoms with E-state index in [-0.39, 0.29) is 35.3 Å². The Balaban J connectivity index is 0.694. The van der Waals surface area contributed by atoms with Crippen LogP contribution in [0.25, 0.3) is 28.2 Å². The van der Waals surface area contributed by atoms with E-state index < -0.39 is 30.0 Å². The summed E-state index contributed by atoms with van der Waals surface area (Å²) in [6.07, 6.45) is 8.99. The molecular formula is C47H52F2N10O6. The first-order valence-corrected chi connectivity index (χ1v) is 22.4. The third kappa shape index (κ3) is 10.1. The molecule has 16 nitrogen and oxygen atoms in total. The molecule has 1 atom stereocenters. The fraction of sp³-hybridized carbons (Fsp3) is 0.426. The first kappa shape index (κ1) is 43.7. The molecule has 340 valence electrons. The van der Waals surface area contributed by atoms with Crippen LogP contribution in [0.4, 0.5) is 20.2 Å². The third-order valence-electron chi connectivity index (χ3n) is 12.6. The Labute approximate surface area is 373 Å². The lowest BCUT2D eigenvalue weighted by Gasteiger charge is -2.36. The number of nitrogens with zero attached hydrogens (tertiary/aromatic N) is 8. The number of piperidine rings is 1. The molecule has 1 saturated carbocycles. The summed E-state index contributed by atoms with van der Waals surface area (Å²) in [6, 6.07) is 16.4. The van der Waals surface area contributed by atoms with Crippen LogP contribution in [-0.2, 0) is 34.2 Å². The van der Waals surface area contributed by atoms with Crippen LogP contribution in [0.2, 0.25) is 0 Å². The SMILES string of the molecule is Cn1c(=O)n(C2CCC(=O)NC2=O)c2ccc(N3CCN(CCOCCCCc4ccc(-n5cc(NC(=O)c6coc(-c7ccnc(CCC8CC8)c7)n6)c(C(F)F)n5)cc4)CC3)cc21. The van der Waals surface area contributed by atoms with Crippen LogP contribution in [0.1, 0.15) is 84.9 Å². The fourth-order valence-electron chi connectivity index (χ4n) is 8.63. The number of carbonyl (C=O) groups excluding carboxylic acids is 3. The molecule has 2 N–H and O–H groups in total. The second kappa shape index (κ2) is 19.3. The number of amides is 3. The second-order valence-corrected chi connectivity index (χ2v) is 17.1. The molecule has 2 aliphatic heterocycles. The zero-order valence-corrected chi connectivity index (χ0v) is 36.3. The number of imide groups is 1. The summed E-state index contributed by atoms with van der Waals surface area (Å²) in [5.41, 5.74) is 4.75. The average Bonchev–Trinajstić information content (AvgIpc) is 3.72. The highest BCUT2D eigenvalue weighted by Crippen LogP contribution is 2.34. The van der Waals surface area contributed by atoms with Gasteiger partial charge < -0.3 is 19.4 Å². The van der Waals surface area contributed by atoms with Gasteiger partial charge in [-0.05, 0) is 92.5 Å². The van der Waals surface area contributed by atoms with Crippen LogP contribution in [-0.4, -0.2) is 97.4 Å². The van der Waals surface area contributed by atoms with E-state index in [4.69, 9.17) is 9.15 Å². The highest BCUT2D eigenvalue weighted by Gasteiger charge is 2.32. The number of unbranched alkanes of at least 4 members (excludes halogenated alkanes) is 1. The summed E-state index contributed by atoms with van der Waals surface area (Å²) in [7, 11) is 1.71. The fourth-order valence-corrected chi connectivity index (χ4v) is 8.63. The first-order chi connectivity index (χ1) is 31.6. The molecule has 3 amide bonds. The Morgan fingerprint density at radius 1 is 0.938 bits per heavy atom. The molecule has 1 unspecified atom stereocenters. The van der Waals surface area contributed by atoms with E-state index in [1.54, 1.807) is 23.9 Å². The lowest BCUT2D eigenvalue weighted by molar-refractivity contribution is -0.135. The maximum Gasteiger partial charge on any atom is 0.329 e. The van der Waals surface area contributed by atoms with Gasteiger partial charge in [-0.15, -0.1) is 0 Å². The van der Waals surface area contributed by atoms with Crippen molar-refractivity contribution in [1.29, 1.82) is 0 Å². The Kier molecular flexibility index (Phi) is 13.0. The molecule has 9 rings (SSSR count). The smallest absolute Gasteiger partial charge is 0.329 e. The highest BCUT2D eigenvalue weighted by atomic mass is 19.3. The maximum absolute atomic E-state index is 14.1. The molecule has 6 aromatic rings. The lowest BCUT2D eigenvalue weighted by atomic mass is 10.1. The van der Waals surface area contributed by atoms with Gasteiger partial charge in [0.05, 0.1) is 35.2 Å². The summed E-state index contributed by atoms with van der Waals surface area (Å²) in [5, 5.41) is 8.99. The van der Waals surface area contributed by atoms with E-state index in [0.29, 0.717) is 36.4 Å². The summed E-state index contributed by atoms with van der Waals surface area (Å²) >= 11 is 0. The normalized spacial score (nSPS) is 17.0. The molecule has 0 bridgehead atoms. The number of fused-ring (bicyclic) bond motifs is 1. The van der Waals surface area contributed by atoms with Gasteiger partial charge in [0, 0.05) is 75.9 Å². The largest absolute Gasteiger partial charge is 0.444 e. The van der Waals surface area contributed by atoms with Crippen molar-refractivity contribution < 1.29 is 32.3 Å². The van der Waals surface area contributed by atoms with Crippen molar-refractivity contribution in [1.82, 2.24) is 39.1 Å². The van der Waals surface area contributed by atoms with E-state index in [0.717, 1.165) is 93.2 Å². The van der Waals surface area contributed by atoms with Crippen LogP contribution in [0, 0.1) is 5.92 Å². The monoisotopic (exact) mass is 890 g/mol. The van der Waals surface area contributed by atoms with Crippen molar-refractivity contribution in [2.75, 3.05) is 56.2 Å². The number of ether oxygens (including phenoxy) is 1. The molecule has 0 spiro atoms. The average molecular weight is 891 g/mol. The van der Waals surface area contributed by atoms with Gasteiger partial charge in [0.2, 0.25) is 17.7 Å². The number of imidazole rings is 1. The number of piperazine rings is 1. The summed E-state index contributed by atoms with van der Waals surface area (Å²) in [4.78, 5) is 64.0. The minimum Gasteiger partial charge on any atom is -0.444 e. The molecule has 3 aliphatic rings. The van der Waals surface area contributed by atoms with Gasteiger partial charge in [-0.1, -0.05) is 25.0 Å². The molecule has 18 heteroatoms. The number of pyridine rings is 1. The van der Waals surface area contributed by atoms with Gasteiger partial charge in [-0.3, -0.25) is 38.7 Å². The lowest BCUT2D eigenvalue weighted by Crippen LogP contribution is -2.47. The van der Waals surface area contributed by atoms with Gasteiger partial charge in [-0.25, -0.2) is 23.2 Å². The van der Waals surface area contributed by atoms with Gasteiger partial charge in [-0.2, -0.15) is 5.10 Å². The molecule has 6 heterocycles. The summed E-state index contributed by atoms with van der Waals surface area (Å²) < 4.78 is 44.1. The van der Waals surface area contributed by atoms with E-state index >= 15 is 0 Å². The molecule has 65 heavy (non-hydrogen) atoms. The summed E-state index contributed by atoms with van der Waals surface area (Å²) in [5.74, 6) is -0.421. The van der Waals surface area contributed by atoms with Gasteiger partial charge in [0.1, 0.15) is 12.3 Å². The van der Waals surface area contributed by atoms with Crippen LogP contribution < -0.4 is 21.2 Å². The Bertz CT molecular complexity index is 2730. The van der Waals surface area contributed by atoms with Crippen molar-refractivity contribution in [3.8, 4) is 17.1 Å². The van der Waals surface area contributed by atoms with Crippen LogP contribution in [0.3, 0.4) is 0 Å². The zero-order chi connectivity index (χ0) is 45.0. The highest BCUT2D eigenvalue weighted by molar-refractivity contribution is 6.03. The van der Waals surface area contributed by atoms with Crippen molar-refractivity contribution in [2.45, 2.75) is 70.3 Å². The van der Waals surface area contributed by atoms with Gasteiger partial charge in [0.25, 0.3) is 12.3 Å². The van der Waals surface area contributed by atoms with E-state index in [1.165, 1.54) is 34.6 Å². The number of aryl methyl sites for hydroxylation is 3. The standard InChI is InChI=1S/C47H52F2N10O6/c1-55-40-27-35(13-14-38(40)59(47(55)63)39-15-16-41(60)53-45(39)62)57-21-19-56(20-22-57)23-25-64-24-3-2-4-30-8-11-34(12-9-30)58-28-36(42(54-58)43(48)49)51-44(61)37-29-65-46(52-37)32-17-18-50-33(26-32)10-7-31-5-6-31/h8-9,11-14,17-18,26-29,31,39,43H,2-7,10,15-16,19-25H2,1H3,(H,51,61)(H,53,60,62). The van der Waals surface area contributed by atoms with Crippen LogP contribution in [0.5, 0.6) is 0 Å². The molecule has 0 radical (unpaired) electrons. The Hall–Kier alpha value is -6.53. The topological polar surface area (TPSA) is 175 Å². The predicted octanol–water partition coefficient (Wildman–Crippen LogP) is 6.25. The van der Waals surface area contributed by atoms with Crippen molar-refractivity contribution in [2.24, 2.45) is 13.0 Å². The zero-order valence-electron chi connectivity index (χ0n) is 36.3. The number of benzene rings is 2. The van der Waals surface area contributed by atoms with Crippen molar-refractivity contribution >= 4 is 40.1 Å². The number of oxazole rings is 1. The predicted molar refractivity (Wildman–Crippen MR) is 238 cm³/mol. The minimum atomic E-state index is -2.92. The molecular weight excluding hydrogens is 839 g/mol. The van der Waals surface area contributed by atoms with E-state index in [2.05, 4.69) is 35.5 Å². The third-order valence-corrected chi connectivity index (χ3v) is 12.6. The summed E-state index contributed by atoms with van der Waals surface area (Å²) in [6.45, 7) is 5.53. The number of anilines is 2. The van der Waals surface area contributed by atoms with E-state index in [1.807, 2.05) is 48.5 Å². The van der Waals surface area contributed by atoms with Crippen LogP contribution >= 0.6 is 0 Å². The number of alkyl halides is 2. The maximum atomic E-state index is 14.1. The molecule has 3 fully saturated rings. The molecule has 2 saturated heterocycles. The minimum absolute atomic E-state index is 0.0414. The van der Waals surface area contributed by atoms with E-state index in [9.17, 15) is 28.0 Å².